The summed E-state index contributed by atoms with van der Waals surface area (Å²) in [5.74, 6) is -0.327. The number of hydrogen-bond acceptors (Lipinski definition) is 2. The normalized spacial score (nSPS) is 21.1. The van der Waals surface area contributed by atoms with Gasteiger partial charge in [-0.1, -0.05) is 0 Å². The summed E-state index contributed by atoms with van der Waals surface area (Å²) in [5.41, 5.74) is 5.62. The fourth-order valence-electron chi connectivity index (χ4n) is 1.12. The van der Waals surface area contributed by atoms with Gasteiger partial charge in [-0.3, -0.25) is 4.79 Å². The maximum absolute atomic E-state index is 10.6. The number of piperidine rings is 1. The van der Waals surface area contributed by atoms with Crippen molar-refractivity contribution in [2.45, 2.75) is 18.9 Å². The van der Waals surface area contributed by atoms with Gasteiger partial charge in [-0.15, -0.1) is 0 Å². The predicted molar refractivity (Wildman–Crippen MR) is 39.9 cm³/mol. The van der Waals surface area contributed by atoms with Gasteiger partial charge in [-0.05, 0) is 12.8 Å². The van der Waals surface area contributed by atoms with Crippen LogP contribution in [-0.2, 0) is 0 Å². The van der Waals surface area contributed by atoms with Gasteiger partial charge in [0.25, 0.3) is 0 Å². The second-order valence-corrected chi connectivity index (χ2v) is 2.66. The summed E-state index contributed by atoms with van der Waals surface area (Å²) in [5, 5.41) is 0. The first-order valence-electron chi connectivity index (χ1n) is 3.50. The van der Waals surface area contributed by atoms with Gasteiger partial charge in [-0.2, -0.15) is 0 Å². The molecule has 1 saturated heterocycles. The Morgan fingerprint density at radius 1 is 1.50 bits per heavy atom. The minimum absolute atomic E-state index is 0.260. The lowest BCUT2D eigenvalue weighted by molar-refractivity contribution is 0.204. The molecule has 10 heavy (non-hydrogen) atoms. The summed E-state index contributed by atoms with van der Waals surface area (Å²) < 4.78 is 0. The highest BCUT2D eigenvalue weighted by molar-refractivity contribution is 6.56. The van der Waals surface area contributed by atoms with Crippen molar-refractivity contribution in [3.05, 3.63) is 0 Å². The number of nitrogens with two attached hydrogens (primary N) is 1. The van der Waals surface area contributed by atoms with Crippen LogP contribution in [0, 0.1) is 0 Å². The molecule has 54 valence electrons. The Balaban J connectivity index is 2.33. The summed E-state index contributed by atoms with van der Waals surface area (Å²) in [6.07, 6.45) is 1.76. The van der Waals surface area contributed by atoms with Crippen LogP contribution >= 0.6 is 0 Å². The number of amides is 1. The minimum Gasteiger partial charge on any atom is -0.352 e. The first kappa shape index (κ1) is 7.60. The van der Waals surface area contributed by atoms with Crippen molar-refractivity contribution < 1.29 is 4.79 Å². The van der Waals surface area contributed by atoms with Gasteiger partial charge in [-0.25, -0.2) is 0 Å². The molecule has 1 heterocycles. The molecule has 1 fully saturated rings. The van der Waals surface area contributed by atoms with E-state index in [2.05, 4.69) is 0 Å². The smallest absolute Gasteiger partial charge is 0.200 e. The van der Waals surface area contributed by atoms with Gasteiger partial charge in [0.2, 0.25) is 7.85 Å². The fraction of sp³-hybridized carbons (Fsp3) is 0.833. The van der Waals surface area contributed by atoms with Gasteiger partial charge in [0.15, 0.2) is 5.81 Å². The largest absolute Gasteiger partial charge is 0.352 e. The van der Waals surface area contributed by atoms with Crippen molar-refractivity contribution in [1.29, 1.82) is 0 Å². The Morgan fingerprint density at radius 3 is 2.40 bits per heavy atom. The van der Waals surface area contributed by atoms with Gasteiger partial charge in [0.05, 0.1) is 0 Å². The Morgan fingerprint density at radius 2 is 2.00 bits per heavy atom. The van der Waals surface area contributed by atoms with E-state index in [1.807, 2.05) is 0 Å². The molecule has 0 unspecified atom stereocenters. The Kier molecular flexibility index (Phi) is 2.32. The highest BCUT2D eigenvalue weighted by Crippen LogP contribution is 2.07. The lowest BCUT2D eigenvalue weighted by Gasteiger charge is -2.29. The van der Waals surface area contributed by atoms with Crippen LogP contribution in [0.2, 0.25) is 0 Å². The molecule has 0 atom stereocenters. The van der Waals surface area contributed by atoms with Crippen molar-refractivity contribution >= 4 is 13.7 Å². The van der Waals surface area contributed by atoms with E-state index in [-0.39, 0.29) is 11.8 Å². The molecule has 3 nitrogen and oxygen atoms in total. The van der Waals surface area contributed by atoms with Gasteiger partial charge in [0.1, 0.15) is 0 Å². The summed E-state index contributed by atoms with van der Waals surface area (Å²) in [7, 11) is 5.06. The van der Waals surface area contributed by atoms with Crippen molar-refractivity contribution in [3.8, 4) is 0 Å². The molecule has 0 aromatic rings. The molecular weight excluding hydrogens is 127 g/mol. The number of hydrogen-bond donors (Lipinski definition) is 1. The summed E-state index contributed by atoms with van der Waals surface area (Å²) in [6.45, 7) is 1.44. The van der Waals surface area contributed by atoms with Gasteiger partial charge in [0, 0.05) is 19.1 Å². The van der Waals surface area contributed by atoms with E-state index in [1.54, 1.807) is 4.90 Å². The number of carbonyl (C=O) groups is 1. The zero-order chi connectivity index (χ0) is 7.56. The average molecular weight is 138 g/mol. The molecule has 0 saturated carbocycles. The molecule has 1 aliphatic heterocycles. The highest BCUT2D eigenvalue weighted by atomic mass is 16.1. The van der Waals surface area contributed by atoms with Crippen LogP contribution in [0.4, 0.5) is 4.79 Å². The summed E-state index contributed by atoms with van der Waals surface area (Å²) in [6, 6.07) is 0.260. The summed E-state index contributed by atoms with van der Waals surface area (Å²) in [4.78, 5) is 12.2. The lowest BCUT2D eigenvalue weighted by Crippen LogP contribution is -2.42. The van der Waals surface area contributed by atoms with Crippen LogP contribution in [0.25, 0.3) is 0 Å². The maximum Gasteiger partial charge on any atom is 0.200 e. The quantitative estimate of drug-likeness (QED) is 0.467. The topological polar surface area (TPSA) is 46.3 Å². The van der Waals surface area contributed by atoms with Crippen molar-refractivity contribution in [2.24, 2.45) is 5.73 Å². The van der Waals surface area contributed by atoms with Crippen LogP contribution < -0.4 is 5.73 Å². The maximum atomic E-state index is 10.6. The van der Waals surface area contributed by atoms with Crippen LogP contribution in [0.3, 0.4) is 0 Å². The third-order valence-electron chi connectivity index (χ3n) is 1.85. The zero-order valence-electron chi connectivity index (χ0n) is 5.92. The van der Waals surface area contributed by atoms with Crippen LogP contribution in [-0.4, -0.2) is 37.7 Å². The SMILES string of the molecule is [B]C(=O)N1CCC(N)CC1. The van der Waals surface area contributed by atoms with Crippen molar-refractivity contribution in [2.75, 3.05) is 13.1 Å². The van der Waals surface area contributed by atoms with E-state index >= 15 is 0 Å². The molecule has 4 heteroatoms. The van der Waals surface area contributed by atoms with Gasteiger partial charge >= 0.3 is 0 Å². The number of rotatable bonds is 0. The lowest BCUT2D eigenvalue weighted by atomic mass is 10.0. The van der Waals surface area contributed by atoms with Crippen molar-refractivity contribution in [3.63, 3.8) is 0 Å². The van der Waals surface area contributed by atoms with Gasteiger partial charge < -0.3 is 10.6 Å². The summed E-state index contributed by atoms with van der Waals surface area (Å²) >= 11 is 0. The first-order chi connectivity index (χ1) is 4.70. The molecular formula is C6H11BN2O. The molecule has 1 amide bonds. The number of carbonyl (C=O) groups excluding carboxylic acids is 1. The molecule has 1 rings (SSSR count). The molecule has 0 spiro atoms. The Labute approximate surface area is 62.0 Å². The second kappa shape index (κ2) is 3.06. The van der Waals surface area contributed by atoms with E-state index in [0.717, 1.165) is 25.9 Å². The van der Waals surface area contributed by atoms with Crippen LogP contribution in [0.15, 0.2) is 0 Å². The molecule has 0 aromatic heterocycles. The molecule has 0 aromatic carbocycles. The molecule has 2 N–H and O–H groups in total. The van der Waals surface area contributed by atoms with E-state index in [1.165, 1.54) is 0 Å². The minimum atomic E-state index is -0.327. The molecule has 0 aliphatic carbocycles. The average Bonchev–Trinajstić information content (AvgIpc) is 1.88. The third-order valence-corrected chi connectivity index (χ3v) is 1.85. The molecule has 2 radical (unpaired) electrons. The standard InChI is InChI=1S/C6H11BN2O/c7-6(10)9-3-1-5(8)2-4-9/h5H,1-4,8H2. The van der Waals surface area contributed by atoms with Crippen LogP contribution in [0.5, 0.6) is 0 Å². The fourth-order valence-corrected chi connectivity index (χ4v) is 1.12. The van der Waals surface area contributed by atoms with E-state index < -0.39 is 0 Å². The second-order valence-electron chi connectivity index (χ2n) is 2.66. The number of likely N-dealkylation sites (tertiary alicyclic amines) is 1. The van der Waals surface area contributed by atoms with E-state index in [4.69, 9.17) is 13.6 Å². The Hall–Kier alpha value is -0.505. The predicted octanol–water partition coefficient (Wildman–Crippen LogP) is -0.302. The van der Waals surface area contributed by atoms with E-state index in [0.29, 0.717) is 0 Å². The Bertz CT molecular complexity index is 132. The highest BCUT2D eigenvalue weighted by Gasteiger charge is 2.16. The third kappa shape index (κ3) is 1.74. The zero-order valence-corrected chi connectivity index (χ0v) is 5.92. The first-order valence-corrected chi connectivity index (χ1v) is 3.50. The van der Waals surface area contributed by atoms with E-state index in [9.17, 15) is 4.79 Å². The monoisotopic (exact) mass is 138 g/mol. The molecule has 1 aliphatic rings. The van der Waals surface area contributed by atoms with Crippen molar-refractivity contribution in [1.82, 2.24) is 4.90 Å². The van der Waals surface area contributed by atoms with Crippen LogP contribution in [0.1, 0.15) is 12.8 Å². The molecule has 0 bridgehead atoms. The number of nitrogens with zero attached hydrogens (tertiary/aromatic N) is 1.